The molecule has 0 atom stereocenters. The summed E-state index contributed by atoms with van der Waals surface area (Å²) < 4.78 is 0.704. The maximum absolute atomic E-state index is 12.1. The van der Waals surface area contributed by atoms with E-state index in [1.807, 2.05) is 5.38 Å². The molecule has 6 heteroatoms. The Morgan fingerprint density at radius 1 is 1.53 bits per heavy atom. The van der Waals surface area contributed by atoms with E-state index in [4.69, 9.17) is 0 Å². The lowest BCUT2D eigenvalue weighted by Gasteiger charge is -2.15. The molecule has 88 valence electrons. The second-order valence-corrected chi connectivity index (χ2v) is 5.05. The van der Waals surface area contributed by atoms with Crippen LogP contribution in [0.25, 0.3) is 0 Å². The Morgan fingerprint density at radius 2 is 2.35 bits per heavy atom. The molecule has 0 aliphatic heterocycles. The predicted molar refractivity (Wildman–Crippen MR) is 69.8 cm³/mol. The lowest BCUT2D eigenvalue weighted by atomic mass is 10.3. The van der Waals surface area contributed by atoms with Crippen LogP contribution in [0.1, 0.15) is 16.2 Å². The molecule has 0 saturated carbocycles. The van der Waals surface area contributed by atoms with E-state index in [0.29, 0.717) is 16.7 Å². The number of pyridine rings is 1. The highest BCUT2D eigenvalue weighted by Gasteiger charge is 2.16. The van der Waals surface area contributed by atoms with Crippen LogP contribution in [-0.2, 0) is 6.54 Å². The Morgan fingerprint density at radius 3 is 3.00 bits per heavy atom. The fourth-order valence-electron chi connectivity index (χ4n) is 1.35. The molecule has 2 rings (SSSR count). The normalized spacial score (nSPS) is 10.2. The van der Waals surface area contributed by atoms with Crippen molar-refractivity contribution >= 4 is 33.2 Å². The van der Waals surface area contributed by atoms with Crippen LogP contribution >= 0.6 is 27.3 Å². The maximum Gasteiger partial charge on any atom is 0.273 e. The second kappa shape index (κ2) is 5.37. The average Bonchev–Trinajstić information content (AvgIpc) is 2.81. The average molecular weight is 312 g/mol. The van der Waals surface area contributed by atoms with E-state index in [2.05, 4.69) is 25.9 Å². The van der Waals surface area contributed by atoms with Gasteiger partial charge in [0.05, 0.1) is 17.7 Å². The summed E-state index contributed by atoms with van der Waals surface area (Å²) >= 11 is 4.84. The highest BCUT2D eigenvalue weighted by molar-refractivity contribution is 9.10. The van der Waals surface area contributed by atoms with Crippen LogP contribution in [-0.4, -0.2) is 27.8 Å². The van der Waals surface area contributed by atoms with Gasteiger partial charge in [0.15, 0.2) is 0 Å². The van der Waals surface area contributed by atoms with Crippen LogP contribution in [0.5, 0.6) is 0 Å². The fraction of sp³-hybridized carbons (Fsp3) is 0.182. The smallest absolute Gasteiger partial charge is 0.273 e. The van der Waals surface area contributed by atoms with Crippen LogP contribution in [0.4, 0.5) is 0 Å². The van der Waals surface area contributed by atoms with Crippen molar-refractivity contribution in [3.05, 3.63) is 45.1 Å². The minimum absolute atomic E-state index is 0.120. The van der Waals surface area contributed by atoms with E-state index in [9.17, 15) is 4.79 Å². The van der Waals surface area contributed by atoms with Crippen LogP contribution in [0.15, 0.2) is 33.7 Å². The Balaban J connectivity index is 2.13. The first-order valence-electron chi connectivity index (χ1n) is 4.91. The first-order chi connectivity index (χ1) is 8.18. The largest absolute Gasteiger partial charge is 0.334 e. The highest BCUT2D eigenvalue weighted by Crippen LogP contribution is 2.16. The number of aromatic nitrogens is 2. The van der Waals surface area contributed by atoms with Gasteiger partial charge in [-0.1, -0.05) is 0 Å². The number of amides is 1. The van der Waals surface area contributed by atoms with Crippen molar-refractivity contribution < 1.29 is 4.79 Å². The van der Waals surface area contributed by atoms with Crippen molar-refractivity contribution in [3.63, 3.8) is 0 Å². The summed E-state index contributed by atoms with van der Waals surface area (Å²) in [5.74, 6) is -0.120. The topological polar surface area (TPSA) is 46.1 Å². The first-order valence-corrected chi connectivity index (χ1v) is 6.65. The Kier molecular flexibility index (Phi) is 3.86. The molecule has 0 aromatic carbocycles. The lowest BCUT2D eigenvalue weighted by Crippen LogP contribution is -2.27. The zero-order valence-electron chi connectivity index (χ0n) is 9.13. The van der Waals surface area contributed by atoms with Gasteiger partial charge in [0.1, 0.15) is 5.69 Å². The zero-order chi connectivity index (χ0) is 12.3. The van der Waals surface area contributed by atoms with Gasteiger partial charge in [-0.25, -0.2) is 9.97 Å². The molecule has 0 aliphatic carbocycles. The van der Waals surface area contributed by atoms with Gasteiger partial charge < -0.3 is 4.90 Å². The number of carbonyl (C=O) groups is 1. The van der Waals surface area contributed by atoms with Crippen molar-refractivity contribution in [1.29, 1.82) is 0 Å². The minimum Gasteiger partial charge on any atom is -0.334 e. The van der Waals surface area contributed by atoms with E-state index in [1.54, 1.807) is 35.8 Å². The molecule has 0 N–H and O–H groups in total. The van der Waals surface area contributed by atoms with Gasteiger partial charge in [0.25, 0.3) is 5.91 Å². The Labute approximate surface area is 111 Å². The molecule has 1 amide bonds. The molecule has 2 heterocycles. The quantitative estimate of drug-likeness (QED) is 0.875. The number of carbonyl (C=O) groups excluding carboxylic acids is 1. The summed E-state index contributed by atoms with van der Waals surface area (Å²) in [5.41, 5.74) is 3.06. The van der Waals surface area contributed by atoms with Gasteiger partial charge in [0.2, 0.25) is 0 Å². The molecule has 0 radical (unpaired) electrons. The molecule has 17 heavy (non-hydrogen) atoms. The van der Waals surface area contributed by atoms with Crippen molar-refractivity contribution in [2.75, 3.05) is 7.05 Å². The van der Waals surface area contributed by atoms with Gasteiger partial charge in [-0.05, 0) is 28.1 Å². The molecular weight excluding hydrogens is 302 g/mol. The number of nitrogens with zero attached hydrogens (tertiary/aromatic N) is 3. The summed E-state index contributed by atoms with van der Waals surface area (Å²) in [6.45, 7) is 0.491. The third kappa shape index (κ3) is 2.89. The fourth-order valence-corrected chi connectivity index (χ4v) is 2.33. The third-order valence-corrected chi connectivity index (χ3v) is 3.47. The SMILES string of the molecule is CN(Cc1cscn1)C(=O)c1ncccc1Br. The van der Waals surface area contributed by atoms with E-state index in [1.165, 1.54) is 11.3 Å². The molecule has 0 spiro atoms. The molecule has 0 aliphatic rings. The van der Waals surface area contributed by atoms with E-state index >= 15 is 0 Å². The maximum atomic E-state index is 12.1. The minimum atomic E-state index is -0.120. The standard InChI is InChI=1S/C11H10BrN3OS/c1-15(5-8-6-17-7-14-8)11(16)10-9(12)3-2-4-13-10/h2-4,6-7H,5H2,1H3. The van der Waals surface area contributed by atoms with Crippen LogP contribution in [0.2, 0.25) is 0 Å². The molecule has 0 bridgehead atoms. The number of thiazole rings is 1. The van der Waals surface area contributed by atoms with Crippen molar-refractivity contribution in [2.24, 2.45) is 0 Å². The first kappa shape index (κ1) is 12.2. The van der Waals surface area contributed by atoms with Crippen LogP contribution < -0.4 is 0 Å². The van der Waals surface area contributed by atoms with Crippen LogP contribution in [0, 0.1) is 0 Å². The van der Waals surface area contributed by atoms with Gasteiger partial charge in [-0.3, -0.25) is 4.79 Å². The summed E-state index contributed by atoms with van der Waals surface area (Å²) in [6, 6.07) is 3.58. The van der Waals surface area contributed by atoms with Crippen molar-refractivity contribution in [2.45, 2.75) is 6.54 Å². The van der Waals surface area contributed by atoms with E-state index in [-0.39, 0.29) is 5.91 Å². The van der Waals surface area contributed by atoms with Gasteiger partial charge in [0, 0.05) is 23.1 Å². The number of rotatable bonds is 3. The Bertz CT molecular complexity index is 515. The molecule has 2 aromatic heterocycles. The molecule has 0 unspecified atom stereocenters. The van der Waals surface area contributed by atoms with Gasteiger partial charge >= 0.3 is 0 Å². The Hall–Kier alpha value is -1.27. The zero-order valence-corrected chi connectivity index (χ0v) is 11.5. The highest BCUT2D eigenvalue weighted by atomic mass is 79.9. The third-order valence-electron chi connectivity index (χ3n) is 2.19. The number of hydrogen-bond acceptors (Lipinski definition) is 4. The summed E-state index contributed by atoms with van der Waals surface area (Å²) in [4.78, 5) is 21.9. The van der Waals surface area contributed by atoms with Crippen molar-refractivity contribution in [1.82, 2.24) is 14.9 Å². The molecule has 0 saturated heterocycles. The van der Waals surface area contributed by atoms with E-state index in [0.717, 1.165) is 5.69 Å². The van der Waals surface area contributed by atoms with Gasteiger partial charge in [-0.2, -0.15) is 0 Å². The number of halogens is 1. The monoisotopic (exact) mass is 311 g/mol. The molecular formula is C11H10BrN3OS. The predicted octanol–water partition coefficient (Wildman–Crippen LogP) is 2.57. The number of hydrogen-bond donors (Lipinski definition) is 0. The molecule has 2 aromatic rings. The lowest BCUT2D eigenvalue weighted by molar-refractivity contribution is 0.0777. The van der Waals surface area contributed by atoms with Crippen molar-refractivity contribution in [3.8, 4) is 0 Å². The second-order valence-electron chi connectivity index (χ2n) is 3.47. The van der Waals surface area contributed by atoms with Crippen LogP contribution in [0.3, 0.4) is 0 Å². The molecule has 0 fully saturated rings. The van der Waals surface area contributed by atoms with Gasteiger partial charge in [-0.15, -0.1) is 11.3 Å². The summed E-state index contributed by atoms with van der Waals surface area (Å²) in [7, 11) is 1.74. The van der Waals surface area contributed by atoms with E-state index < -0.39 is 0 Å². The molecule has 4 nitrogen and oxygen atoms in total. The summed E-state index contributed by atoms with van der Waals surface area (Å²) in [6.07, 6.45) is 1.61. The summed E-state index contributed by atoms with van der Waals surface area (Å²) in [5, 5.41) is 1.93.